The highest BCUT2D eigenvalue weighted by molar-refractivity contribution is 5.94. The Hall–Kier alpha value is -2.88. The Kier molecular flexibility index (Phi) is 5.68. The molecule has 1 aromatic heterocycles. The van der Waals surface area contributed by atoms with Crippen molar-refractivity contribution < 1.29 is 27.5 Å². The maximum Gasteiger partial charge on any atom is 0.254 e. The van der Waals surface area contributed by atoms with Crippen LogP contribution in [0.4, 0.5) is 13.2 Å². The molecule has 1 aliphatic heterocycles. The topological polar surface area (TPSA) is 76.5 Å². The van der Waals surface area contributed by atoms with E-state index in [0.717, 1.165) is 0 Å². The SMILES string of the molecule is COCC(=O)N[C@@H]1CN(C(=O)c2cc(F)c(F)c(F)c2)C[C@H]1c1nccn1C. The van der Waals surface area contributed by atoms with E-state index in [1.165, 1.54) is 12.0 Å². The zero-order valence-electron chi connectivity index (χ0n) is 15.3. The van der Waals surface area contributed by atoms with E-state index in [-0.39, 0.29) is 37.1 Å². The van der Waals surface area contributed by atoms with Gasteiger partial charge < -0.3 is 19.5 Å². The molecular formula is C18H19F3N4O3. The van der Waals surface area contributed by atoms with Gasteiger partial charge in [-0.25, -0.2) is 18.2 Å². The van der Waals surface area contributed by atoms with Crippen LogP contribution in [-0.4, -0.2) is 59.1 Å². The molecule has 1 aliphatic rings. The minimum absolute atomic E-state index is 0.104. The van der Waals surface area contributed by atoms with Crippen LogP contribution < -0.4 is 5.32 Å². The molecule has 2 atom stereocenters. The maximum atomic E-state index is 13.5. The summed E-state index contributed by atoms with van der Waals surface area (Å²) in [6.45, 7) is 0.126. The molecule has 0 spiro atoms. The number of carbonyl (C=O) groups excluding carboxylic acids is 2. The van der Waals surface area contributed by atoms with Crippen LogP contribution in [0, 0.1) is 17.5 Å². The summed E-state index contributed by atoms with van der Waals surface area (Å²) in [6.07, 6.45) is 3.33. The standard InChI is InChI=1S/C18H19F3N4O3/c1-24-4-3-22-17(24)11-7-25(8-14(11)23-15(26)9-28-2)18(27)10-5-12(19)16(21)13(20)6-10/h3-6,11,14H,7-9H2,1-2H3,(H,23,26)/t11-,14-/m1/s1. The number of halogens is 3. The number of ether oxygens (including phenoxy) is 1. The summed E-state index contributed by atoms with van der Waals surface area (Å²) < 4.78 is 46.8. The number of aryl methyl sites for hydroxylation is 1. The Morgan fingerprint density at radius 3 is 2.50 bits per heavy atom. The van der Waals surface area contributed by atoms with Crippen molar-refractivity contribution in [2.24, 2.45) is 7.05 Å². The Morgan fingerprint density at radius 2 is 1.93 bits per heavy atom. The highest BCUT2D eigenvalue weighted by atomic mass is 19.2. The third-order valence-electron chi connectivity index (χ3n) is 4.65. The highest BCUT2D eigenvalue weighted by Gasteiger charge is 2.39. The van der Waals surface area contributed by atoms with Gasteiger partial charge in [-0.15, -0.1) is 0 Å². The van der Waals surface area contributed by atoms with Crippen molar-refractivity contribution in [3.8, 4) is 0 Å². The van der Waals surface area contributed by atoms with E-state index >= 15 is 0 Å². The van der Waals surface area contributed by atoms with E-state index in [2.05, 4.69) is 10.3 Å². The van der Waals surface area contributed by atoms with Gasteiger partial charge in [0.15, 0.2) is 17.5 Å². The summed E-state index contributed by atoms with van der Waals surface area (Å²) in [7, 11) is 3.17. The maximum absolute atomic E-state index is 13.5. The summed E-state index contributed by atoms with van der Waals surface area (Å²) in [5.74, 6) is -5.22. The number of nitrogens with one attached hydrogen (secondary N) is 1. The van der Waals surface area contributed by atoms with Gasteiger partial charge in [0.05, 0.1) is 12.0 Å². The predicted molar refractivity (Wildman–Crippen MR) is 92.0 cm³/mol. The van der Waals surface area contributed by atoms with Gasteiger partial charge >= 0.3 is 0 Å². The van der Waals surface area contributed by atoms with Crippen molar-refractivity contribution in [1.82, 2.24) is 19.8 Å². The summed E-state index contributed by atoms with van der Waals surface area (Å²) in [4.78, 5) is 30.3. The first-order valence-corrected chi connectivity index (χ1v) is 8.51. The Bertz CT molecular complexity index is 879. The second-order valence-electron chi connectivity index (χ2n) is 6.57. The molecule has 0 saturated carbocycles. The summed E-state index contributed by atoms with van der Waals surface area (Å²) in [5, 5.41) is 2.79. The zero-order chi connectivity index (χ0) is 20.4. The van der Waals surface area contributed by atoms with Gasteiger partial charge in [-0.1, -0.05) is 0 Å². The van der Waals surface area contributed by atoms with E-state index in [4.69, 9.17) is 4.74 Å². The molecule has 2 aromatic rings. The minimum Gasteiger partial charge on any atom is -0.375 e. The molecular weight excluding hydrogens is 377 g/mol. The molecule has 0 unspecified atom stereocenters. The lowest BCUT2D eigenvalue weighted by Crippen LogP contribution is -2.42. The number of benzene rings is 1. The average molecular weight is 396 g/mol. The number of hydrogen-bond acceptors (Lipinski definition) is 4. The number of likely N-dealkylation sites (tertiary alicyclic amines) is 1. The van der Waals surface area contributed by atoms with Crippen molar-refractivity contribution in [3.63, 3.8) is 0 Å². The lowest BCUT2D eigenvalue weighted by molar-refractivity contribution is -0.125. The second-order valence-corrected chi connectivity index (χ2v) is 6.57. The number of hydrogen-bond donors (Lipinski definition) is 1. The molecule has 0 bridgehead atoms. The number of methoxy groups -OCH3 is 1. The quantitative estimate of drug-likeness (QED) is 0.771. The summed E-state index contributed by atoms with van der Waals surface area (Å²) in [6, 6.07) is 0.851. The molecule has 1 aromatic carbocycles. The van der Waals surface area contributed by atoms with Gasteiger partial charge in [0.1, 0.15) is 12.4 Å². The van der Waals surface area contributed by atoms with Crippen LogP contribution in [0.3, 0.4) is 0 Å². The number of imidazole rings is 1. The van der Waals surface area contributed by atoms with E-state index in [1.54, 1.807) is 24.0 Å². The molecule has 1 fully saturated rings. The largest absolute Gasteiger partial charge is 0.375 e. The van der Waals surface area contributed by atoms with Crippen LogP contribution in [0.15, 0.2) is 24.5 Å². The van der Waals surface area contributed by atoms with Crippen molar-refractivity contribution in [1.29, 1.82) is 0 Å². The van der Waals surface area contributed by atoms with Gasteiger partial charge in [0.2, 0.25) is 5.91 Å². The smallest absolute Gasteiger partial charge is 0.254 e. The zero-order valence-corrected chi connectivity index (χ0v) is 15.3. The molecule has 2 amide bonds. The van der Waals surface area contributed by atoms with E-state index in [0.29, 0.717) is 18.0 Å². The molecule has 2 heterocycles. The fourth-order valence-corrected chi connectivity index (χ4v) is 3.35. The van der Waals surface area contributed by atoms with Gasteiger partial charge in [0.25, 0.3) is 5.91 Å². The second kappa shape index (κ2) is 8.01. The third-order valence-corrected chi connectivity index (χ3v) is 4.65. The lowest BCUT2D eigenvalue weighted by atomic mass is 10.0. The fraction of sp³-hybridized carbons (Fsp3) is 0.389. The molecule has 28 heavy (non-hydrogen) atoms. The first kappa shape index (κ1) is 19.9. The van der Waals surface area contributed by atoms with E-state index < -0.39 is 29.4 Å². The molecule has 0 aliphatic carbocycles. The van der Waals surface area contributed by atoms with Crippen LogP contribution in [0.25, 0.3) is 0 Å². The molecule has 1 saturated heterocycles. The Labute approximate surface area is 159 Å². The molecule has 3 rings (SSSR count). The highest BCUT2D eigenvalue weighted by Crippen LogP contribution is 2.28. The minimum atomic E-state index is -1.63. The van der Waals surface area contributed by atoms with Crippen LogP contribution >= 0.6 is 0 Å². The molecule has 1 N–H and O–H groups in total. The fourth-order valence-electron chi connectivity index (χ4n) is 3.35. The number of nitrogens with zero attached hydrogens (tertiary/aromatic N) is 3. The van der Waals surface area contributed by atoms with Crippen LogP contribution in [0.2, 0.25) is 0 Å². The predicted octanol–water partition coefficient (Wildman–Crippen LogP) is 1.21. The van der Waals surface area contributed by atoms with Crippen molar-refractivity contribution >= 4 is 11.8 Å². The number of amides is 2. The summed E-state index contributed by atoms with van der Waals surface area (Å²) in [5.41, 5.74) is -0.307. The molecule has 10 heteroatoms. The molecule has 150 valence electrons. The third kappa shape index (κ3) is 3.86. The van der Waals surface area contributed by atoms with Crippen molar-refractivity contribution in [3.05, 3.63) is 53.4 Å². The first-order valence-electron chi connectivity index (χ1n) is 8.51. The first-order chi connectivity index (χ1) is 13.3. The average Bonchev–Trinajstić information content (AvgIpc) is 3.24. The van der Waals surface area contributed by atoms with Crippen LogP contribution in [0.1, 0.15) is 22.1 Å². The van der Waals surface area contributed by atoms with Crippen LogP contribution in [0.5, 0.6) is 0 Å². The molecule has 7 nitrogen and oxygen atoms in total. The van der Waals surface area contributed by atoms with Crippen LogP contribution in [-0.2, 0) is 16.6 Å². The van der Waals surface area contributed by atoms with Gasteiger partial charge in [-0.2, -0.15) is 0 Å². The van der Waals surface area contributed by atoms with Gasteiger partial charge in [0, 0.05) is 45.2 Å². The van der Waals surface area contributed by atoms with E-state index in [9.17, 15) is 22.8 Å². The Morgan fingerprint density at radius 1 is 1.25 bits per heavy atom. The summed E-state index contributed by atoms with van der Waals surface area (Å²) >= 11 is 0. The number of aromatic nitrogens is 2. The van der Waals surface area contributed by atoms with Gasteiger partial charge in [-0.05, 0) is 12.1 Å². The van der Waals surface area contributed by atoms with E-state index in [1.807, 2.05) is 0 Å². The van der Waals surface area contributed by atoms with Crippen molar-refractivity contribution in [2.75, 3.05) is 26.8 Å². The van der Waals surface area contributed by atoms with Gasteiger partial charge in [-0.3, -0.25) is 9.59 Å². The normalized spacial score (nSPS) is 19.1. The lowest BCUT2D eigenvalue weighted by Gasteiger charge is -2.19. The molecule has 0 radical (unpaired) electrons. The number of carbonyl (C=O) groups is 2. The Balaban J connectivity index is 1.86. The van der Waals surface area contributed by atoms with Crippen molar-refractivity contribution in [2.45, 2.75) is 12.0 Å². The number of rotatable bonds is 5. The monoisotopic (exact) mass is 396 g/mol.